The molecule has 0 saturated carbocycles. The molecule has 2 heterocycles. The number of fused-ring (bicyclic) bond motifs is 1. The van der Waals surface area contributed by atoms with Crippen molar-refractivity contribution in [1.29, 1.82) is 0 Å². The van der Waals surface area contributed by atoms with Crippen LogP contribution in [0.4, 0.5) is 11.4 Å². The topological polar surface area (TPSA) is 91.6 Å². The Bertz CT molecular complexity index is 705. The molecule has 1 aliphatic rings. The van der Waals surface area contributed by atoms with Gasteiger partial charge in [0.05, 0.1) is 6.54 Å². The van der Waals surface area contributed by atoms with Gasteiger partial charge in [-0.2, -0.15) is 0 Å². The van der Waals surface area contributed by atoms with Gasteiger partial charge in [0.2, 0.25) is 11.7 Å². The smallest absolute Gasteiger partial charge is 0.371 e. The molecule has 0 bridgehead atoms. The van der Waals surface area contributed by atoms with Gasteiger partial charge in [-0.3, -0.25) is 4.79 Å². The molecule has 0 saturated heterocycles. The van der Waals surface area contributed by atoms with E-state index in [-0.39, 0.29) is 11.7 Å². The van der Waals surface area contributed by atoms with E-state index in [1.165, 1.54) is 6.07 Å². The Morgan fingerprint density at radius 3 is 2.90 bits per heavy atom. The minimum Gasteiger partial charge on any atom is -0.475 e. The van der Waals surface area contributed by atoms with Crippen molar-refractivity contribution in [3.05, 3.63) is 47.4 Å². The van der Waals surface area contributed by atoms with Gasteiger partial charge in [-0.15, -0.1) is 0 Å². The van der Waals surface area contributed by atoms with Crippen molar-refractivity contribution in [3.8, 4) is 0 Å². The number of aryl methyl sites for hydroxylation is 1. The number of furan rings is 1. The van der Waals surface area contributed by atoms with E-state index < -0.39 is 5.97 Å². The first-order chi connectivity index (χ1) is 10.1. The fraction of sp³-hybridized carbons (Fsp3) is 0.200. The summed E-state index contributed by atoms with van der Waals surface area (Å²) in [4.78, 5) is 22.0. The first-order valence-corrected chi connectivity index (χ1v) is 6.60. The van der Waals surface area contributed by atoms with Crippen molar-refractivity contribution in [3.63, 3.8) is 0 Å². The largest absolute Gasteiger partial charge is 0.475 e. The Kier molecular flexibility index (Phi) is 3.35. The molecular weight excluding hydrogens is 272 g/mol. The van der Waals surface area contributed by atoms with Crippen molar-refractivity contribution >= 4 is 23.3 Å². The zero-order valence-corrected chi connectivity index (χ0v) is 11.2. The molecule has 0 unspecified atom stereocenters. The zero-order chi connectivity index (χ0) is 14.8. The SMILES string of the molecule is O=C1CCc2cc(NCc3ccc(C(=O)O)o3)ccc2N1. The molecule has 3 rings (SSSR count). The summed E-state index contributed by atoms with van der Waals surface area (Å²) in [6.45, 7) is 0.401. The molecule has 0 aliphatic carbocycles. The number of hydrogen-bond acceptors (Lipinski definition) is 4. The molecule has 6 heteroatoms. The summed E-state index contributed by atoms with van der Waals surface area (Å²) in [6.07, 6.45) is 1.22. The number of hydrogen-bond donors (Lipinski definition) is 3. The van der Waals surface area contributed by atoms with Crippen LogP contribution in [0.2, 0.25) is 0 Å². The standard InChI is InChI=1S/C15H14N2O4/c18-14-6-1-9-7-10(2-4-12(9)17-14)16-8-11-3-5-13(21-11)15(19)20/h2-5,7,16H,1,6,8H2,(H,17,18)(H,19,20). The molecule has 3 N–H and O–H groups in total. The lowest BCUT2D eigenvalue weighted by Gasteiger charge is -2.17. The van der Waals surface area contributed by atoms with Crippen molar-refractivity contribution in [1.82, 2.24) is 0 Å². The highest BCUT2D eigenvalue weighted by Crippen LogP contribution is 2.26. The van der Waals surface area contributed by atoms with Gasteiger partial charge in [-0.05, 0) is 42.3 Å². The Labute approximate surface area is 120 Å². The van der Waals surface area contributed by atoms with Crippen LogP contribution in [0.15, 0.2) is 34.7 Å². The summed E-state index contributed by atoms with van der Waals surface area (Å²) in [6, 6.07) is 8.78. The molecule has 1 aromatic heterocycles. The van der Waals surface area contributed by atoms with E-state index in [1.807, 2.05) is 18.2 Å². The van der Waals surface area contributed by atoms with E-state index in [2.05, 4.69) is 10.6 Å². The van der Waals surface area contributed by atoms with E-state index in [0.717, 1.165) is 23.4 Å². The Morgan fingerprint density at radius 1 is 1.29 bits per heavy atom. The van der Waals surface area contributed by atoms with Gasteiger partial charge in [-0.25, -0.2) is 4.79 Å². The average molecular weight is 286 g/mol. The van der Waals surface area contributed by atoms with Gasteiger partial charge in [0.15, 0.2) is 0 Å². The molecule has 1 aromatic carbocycles. The maximum Gasteiger partial charge on any atom is 0.371 e. The predicted molar refractivity (Wildman–Crippen MR) is 76.4 cm³/mol. The van der Waals surface area contributed by atoms with Crippen LogP contribution in [0.1, 0.15) is 28.3 Å². The van der Waals surface area contributed by atoms with Crippen molar-refractivity contribution in [2.75, 3.05) is 10.6 Å². The highest BCUT2D eigenvalue weighted by Gasteiger charge is 2.15. The van der Waals surface area contributed by atoms with Gasteiger partial charge < -0.3 is 20.2 Å². The monoisotopic (exact) mass is 286 g/mol. The summed E-state index contributed by atoms with van der Waals surface area (Å²) < 4.78 is 5.17. The third-order valence-electron chi connectivity index (χ3n) is 3.34. The van der Waals surface area contributed by atoms with E-state index in [4.69, 9.17) is 9.52 Å². The number of carbonyl (C=O) groups is 2. The number of amides is 1. The van der Waals surface area contributed by atoms with Crippen molar-refractivity contribution in [2.45, 2.75) is 19.4 Å². The summed E-state index contributed by atoms with van der Waals surface area (Å²) in [7, 11) is 0. The summed E-state index contributed by atoms with van der Waals surface area (Å²) in [5.74, 6) is -0.552. The minimum atomic E-state index is -1.08. The maximum absolute atomic E-state index is 11.3. The Hall–Kier alpha value is -2.76. The second-order valence-electron chi connectivity index (χ2n) is 4.84. The Balaban J connectivity index is 1.68. The van der Waals surface area contributed by atoms with Crippen LogP contribution in [0.5, 0.6) is 0 Å². The number of nitrogens with one attached hydrogen (secondary N) is 2. The van der Waals surface area contributed by atoms with Crippen molar-refractivity contribution in [2.24, 2.45) is 0 Å². The van der Waals surface area contributed by atoms with Gasteiger partial charge in [0.25, 0.3) is 0 Å². The van der Waals surface area contributed by atoms with Crippen LogP contribution in [0, 0.1) is 0 Å². The molecule has 0 fully saturated rings. The highest BCUT2D eigenvalue weighted by atomic mass is 16.4. The van der Waals surface area contributed by atoms with Gasteiger partial charge in [0, 0.05) is 17.8 Å². The van der Waals surface area contributed by atoms with Gasteiger partial charge >= 0.3 is 5.97 Å². The van der Waals surface area contributed by atoms with E-state index in [1.54, 1.807) is 6.07 Å². The lowest BCUT2D eigenvalue weighted by atomic mass is 10.0. The molecule has 108 valence electrons. The van der Waals surface area contributed by atoms with Crippen LogP contribution < -0.4 is 10.6 Å². The third kappa shape index (κ3) is 2.89. The lowest BCUT2D eigenvalue weighted by molar-refractivity contribution is -0.116. The maximum atomic E-state index is 11.3. The third-order valence-corrected chi connectivity index (χ3v) is 3.34. The number of carboxylic acids is 1. The van der Waals surface area contributed by atoms with Crippen LogP contribution in [-0.4, -0.2) is 17.0 Å². The normalized spacial score (nSPS) is 13.4. The molecule has 1 aliphatic heterocycles. The second-order valence-corrected chi connectivity index (χ2v) is 4.84. The minimum absolute atomic E-state index is 0.0417. The Morgan fingerprint density at radius 2 is 2.14 bits per heavy atom. The second kappa shape index (κ2) is 5.32. The van der Waals surface area contributed by atoms with E-state index >= 15 is 0 Å². The number of carbonyl (C=O) groups excluding carboxylic acids is 1. The summed E-state index contributed by atoms with van der Waals surface area (Å²) >= 11 is 0. The van der Waals surface area contributed by atoms with E-state index in [0.29, 0.717) is 18.7 Å². The first-order valence-electron chi connectivity index (χ1n) is 6.60. The number of aromatic carboxylic acids is 1. The molecule has 21 heavy (non-hydrogen) atoms. The van der Waals surface area contributed by atoms with Gasteiger partial charge in [0.1, 0.15) is 5.76 Å². The predicted octanol–water partition coefficient (Wildman–Crippen LogP) is 2.47. The molecule has 0 spiro atoms. The lowest BCUT2D eigenvalue weighted by Crippen LogP contribution is -2.18. The number of benzene rings is 1. The molecule has 1 amide bonds. The van der Waals surface area contributed by atoms with Crippen LogP contribution in [0.25, 0.3) is 0 Å². The number of carboxylic acid groups (broad SMARTS) is 1. The first kappa shape index (κ1) is 13.2. The quantitative estimate of drug-likeness (QED) is 0.803. The van der Waals surface area contributed by atoms with Crippen molar-refractivity contribution < 1.29 is 19.1 Å². The number of rotatable bonds is 4. The fourth-order valence-corrected chi connectivity index (χ4v) is 2.27. The van der Waals surface area contributed by atoms with E-state index in [9.17, 15) is 9.59 Å². The molecule has 0 radical (unpaired) electrons. The van der Waals surface area contributed by atoms with Gasteiger partial charge in [-0.1, -0.05) is 0 Å². The van der Waals surface area contributed by atoms with Crippen LogP contribution in [-0.2, 0) is 17.8 Å². The highest BCUT2D eigenvalue weighted by molar-refractivity contribution is 5.94. The fourth-order valence-electron chi connectivity index (χ4n) is 2.27. The summed E-state index contributed by atoms with van der Waals surface area (Å²) in [5, 5.41) is 14.8. The molecule has 0 atom stereocenters. The van der Waals surface area contributed by atoms with Crippen LogP contribution >= 0.6 is 0 Å². The molecule has 6 nitrogen and oxygen atoms in total. The van der Waals surface area contributed by atoms with Crippen LogP contribution in [0.3, 0.4) is 0 Å². The zero-order valence-electron chi connectivity index (χ0n) is 11.2. The summed E-state index contributed by atoms with van der Waals surface area (Å²) in [5.41, 5.74) is 2.84. The number of anilines is 2. The molecular formula is C15H14N2O4. The molecule has 2 aromatic rings. The average Bonchev–Trinajstić information content (AvgIpc) is 2.94.